The second-order valence-electron chi connectivity index (χ2n) is 6.80. The summed E-state index contributed by atoms with van der Waals surface area (Å²) in [6, 6.07) is 5.51. The van der Waals surface area contributed by atoms with Gasteiger partial charge in [0, 0.05) is 30.6 Å². The molecule has 2 aromatic rings. The van der Waals surface area contributed by atoms with Gasteiger partial charge in [-0.25, -0.2) is 0 Å². The van der Waals surface area contributed by atoms with Gasteiger partial charge in [-0.05, 0) is 44.4 Å². The number of rotatable bonds is 5. The van der Waals surface area contributed by atoms with Crippen molar-refractivity contribution >= 4 is 22.8 Å². The van der Waals surface area contributed by atoms with Gasteiger partial charge in [0.1, 0.15) is 11.3 Å². The molecule has 3 rings (SSSR count). The Morgan fingerprint density at radius 3 is 2.92 bits per heavy atom. The molecule has 1 aromatic carbocycles. The third-order valence-corrected chi connectivity index (χ3v) is 4.97. The molecule has 140 valence electrons. The third kappa shape index (κ3) is 3.54. The number of carbonyl (C=O) groups excluding carboxylic acids is 2. The van der Waals surface area contributed by atoms with Crippen molar-refractivity contribution in [2.75, 3.05) is 26.7 Å². The molecule has 2 heterocycles. The van der Waals surface area contributed by atoms with Crippen molar-refractivity contribution in [3.05, 3.63) is 29.5 Å². The SMILES string of the molecule is CCCNC(=O)C1CCCN(C(=O)c2oc3ccc(OC)cc3c2C)C1. The molecular weight excluding hydrogens is 332 g/mol. The van der Waals surface area contributed by atoms with Crippen molar-refractivity contribution in [3.8, 4) is 5.75 Å². The zero-order valence-corrected chi connectivity index (χ0v) is 15.6. The van der Waals surface area contributed by atoms with E-state index >= 15 is 0 Å². The summed E-state index contributed by atoms with van der Waals surface area (Å²) in [5.74, 6) is 0.819. The van der Waals surface area contributed by atoms with Crippen LogP contribution in [0.5, 0.6) is 5.75 Å². The van der Waals surface area contributed by atoms with Gasteiger partial charge in [0.15, 0.2) is 5.76 Å². The Morgan fingerprint density at radius 2 is 2.19 bits per heavy atom. The molecule has 0 radical (unpaired) electrons. The smallest absolute Gasteiger partial charge is 0.289 e. The molecule has 1 saturated heterocycles. The highest BCUT2D eigenvalue weighted by Crippen LogP contribution is 2.30. The van der Waals surface area contributed by atoms with Crippen LogP contribution in [0.25, 0.3) is 11.0 Å². The Kier molecular flexibility index (Phi) is 5.49. The fraction of sp³-hybridized carbons (Fsp3) is 0.500. The summed E-state index contributed by atoms with van der Waals surface area (Å²) in [5.41, 5.74) is 1.47. The first kappa shape index (κ1) is 18.3. The van der Waals surface area contributed by atoms with Gasteiger partial charge >= 0.3 is 0 Å². The largest absolute Gasteiger partial charge is 0.497 e. The van der Waals surface area contributed by atoms with Crippen molar-refractivity contribution in [1.29, 1.82) is 0 Å². The molecule has 0 saturated carbocycles. The highest BCUT2D eigenvalue weighted by Gasteiger charge is 2.31. The maximum atomic E-state index is 13.0. The fourth-order valence-electron chi connectivity index (χ4n) is 3.44. The highest BCUT2D eigenvalue weighted by molar-refractivity contribution is 5.99. The summed E-state index contributed by atoms with van der Waals surface area (Å²) in [5, 5.41) is 3.81. The monoisotopic (exact) mass is 358 g/mol. The van der Waals surface area contributed by atoms with Gasteiger partial charge in [0.25, 0.3) is 5.91 Å². The average Bonchev–Trinajstić information content (AvgIpc) is 3.01. The van der Waals surface area contributed by atoms with Crippen LogP contribution in [0, 0.1) is 12.8 Å². The number of nitrogens with zero attached hydrogens (tertiary/aromatic N) is 1. The maximum absolute atomic E-state index is 13.0. The molecule has 1 aliphatic rings. The lowest BCUT2D eigenvalue weighted by Crippen LogP contribution is -2.45. The molecule has 1 fully saturated rings. The summed E-state index contributed by atoms with van der Waals surface area (Å²) in [6.45, 7) is 5.67. The number of hydrogen-bond acceptors (Lipinski definition) is 4. The van der Waals surface area contributed by atoms with Crippen LogP contribution in [0.15, 0.2) is 22.6 Å². The predicted octanol–water partition coefficient (Wildman–Crippen LogP) is 3.13. The van der Waals surface area contributed by atoms with Gasteiger partial charge < -0.3 is 19.4 Å². The van der Waals surface area contributed by atoms with E-state index in [9.17, 15) is 9.59 Å². The van der Waals surface area contributed by atoms with Crippen LogP contribution in [0.2, 0.25) is 0 Å². The number of fused-ring (bicyclic) bond motifs is 1. The van der Waals surface area contributed by atoms with Gasteiger partial charge in [-0.1, -0.05) is 6.92 Å². The first-order valence-corrected chi connectivity index (χ1v) is 9.19. The number of aryl methyl sites for hydroxylation is 1. The second kappa shape index (κ2) is 7.81. The molecule has 1 unspecified atom stereocenters. The number of furan rings is 1. The van der Waals surface area contributed by atoms with Crippen LogP contribution in [-0.4, -0.2) is 43.5 Å². The zero-order valence-electron chi connectivity index (χ0n) is 15.6. The molecule has 0 aliphatic carbocycles. The Labute approximate surface area is 153 Å². The van der Waals surface area contributed by atoms with Crippen molar-refractivity contribution in [2.45, 2.75) is 33.1 Å². The Balaban J connectivity index is 1.79. The Bertz CT molecular complexity index is 811. The van der Waals surface area contributed by atoms with Gasteiger partial charge in [0.05, 0.1) is 13.0 Å². The normalized spacial score (nSPS) is 17.3. The molecule has 1 atom stereocenters. The molecule has 1 N–H and O–H groups in total. The van der Waals surface area contributed by atoms with Crippen molar-refractivity contribution in [1.82, 2.24) is 10.2 Å². The van der Waals surface area contributed by atoms with Crippen molar-refractivity contribution in [3.63, 3.8) is 0 Å². The zero-order chi connectivity index (χ0) is 18.7. The lowest BCUT2D eigenvalue weighted by atomic mass is 9.96. The number of benzene rings is 1. The topological polar surface area (TPSA) is 71.8 Å². The summed E-state index contributed by atoms with van der Waals surface area (Å²) in [4.78, 5) is 27.0. The molecule has 1 aliphatic heterocycles. The number of ether oxygens (including phenoxy) is 1. The molecule has 26 heavy (non-hydrogen) atoms. The number of carbonyl (C=O) groups is 2. The van der Waals surface area contributed by atoms with Crippen LogP contribution in [0.3, 0.4) is 0 Å². The van der Waals surface area contributed by atoms with E-state index in [4.69, 9.17) is 9.15 Å². The number of methoxy groups -OCH3 is 1. The predicted molar refractivity (Wildman–Crippen MR) is 99.4 cm³/mol. The van der Waals surface area contributed by atoms with Crippen LogP contribution in [0.1, 0.15) is 42.3 Å². The van der Waals surface area contributed by atoms with Gasteiger partial charge in [-0.3, -0.25) is 9.59 Å². The number of nitrogens with one attached hydrogen (secondary N) is 1. The molecule has 0 bridgehead atoms. The minimum atomic E-state index is -0.149. The van der Waals surface area contributed by atoms with Crippen LogP contribution < -0.4 is 10.1 Å². The van der Waals surface area contributed by atoms with E-state index in [2.05, 4.69) is 5.32 Å². The minimum Gasteiger partial charge on any atom is -0.497 e. The average molecular weight is 358 g/mol. The quantitative estimate of drug-likeness (QED) is 0.891. The van der Waals surface area contributed by atoms with E-state index in [1.807, 2.05) is 32.0 Å². The van der Waals surface area contributed by atoms with E-state index in [-0.39, 0.29) is 17.7 Å². The lowest BCUT2D eigenvalue weighted by Gasteiger charge is -2.31. The summed E-state index contributed by atoms with van der Waals surface area (Å²) < 4.78 is 11.1. The highest BCUT2D eigenvalue weighted by atomic mass is 16.5. The number of piperidine rings is 1. The Hall–Kier alpha value is -2.50. The van der Waals surface area contributed by atoms with Crippen LogP contribution in [0.4, 0.5) is 0 Å². The summed E-state index contributed by atoms with van der Waals surface area (Å²) in [6.07, 6.45) is 2.54. The molecular formula is C20H26N2O4. The van der Waals surface area contributed by atoms with Gasteiger partial charge in [0.2, 0.25) is 5.91 Å². The van der Waals surface area contributed by atoms with Crippen molar-refractivity contribution in [2.24, 2.45) is 5.92 Å². The van der Waals surface area contributed by atoms with E-state index in [0.29, 0.717) is 31.0 Å². The molecule has 6 nitrogen and oxygen atoms in total. The first-order chi connectivity index (χ1) is 12.5. The molecule has 2 amide bonds. The Morgan fingerprint density at radius 1 is 1.38 bits per heavy atom. The number of likely N-dealkylation sites (tertiary alicyclic amines) is 1. The molecule has 1 aromatic heterocycles. The maximum Gasteiger partial charge on any atom is 0.289 e. The standard InChI is InChI=1S/C20H26N2O4/c1-4-9-21-19(23)14-6-5-10-22(12-14)20(24)18-13(2)16-11-15(25-3)7-8-17(16)26-18/h7-8,11,14H,4-6,9-10,12H2,1-3H3,(H,21,23). The molecule has 6 heteroatoms. The fourth-order valence-corrected chi connectivity index (χ4v) is 3.44. The number of hydrogen-bond donors (Lipinski definition) is 1. The van der Waals surface area contributed by atoms with Crippen LogP contribution in [-0.2, 0) is 4.79 Å². The van der Waals surface area contributed by atoms with Gasteiger partial charge in [-0.2, -0.15) is 0 Å². The second-order valence-corrected chi connectivity index (χ2v) is 6.80. The summed E-state index contributed by atoms with van der Waals surface area (Å²) >= 11 is 0. The number of amides is 2. The lowest BCUT2D eigenvalue weighted by molar-refractivity contribution is -0.126. The minimum absolute atomic E-state index is 0.0374. The molecule has 0 spiro atoms. The third-order valence-electron chi connectivity index (χ3n) is 4.97. The van der Waals surface area contributed by atoms with E-state index in [0.717, 1.165) is 36.0 Å². The van der Waals surface area contributed by atoms with E-state index in [1.165, 1.54) is 0 Å². The summed E-state index contributed by atoms with van der Waals surface area (Å²) in [7, 11) is 1.61. The van der Waals surface area contributed by atoms with Crippen molar-refractivity contribution < 1.29 is 18.7 Å². The van der Waals surface area contributed by atoms with Gasteiger partial charge in [-0.15, -0.1) is 0 Å². The van der Waals surface area contributed by atoms with E-state index in [1.54, 1.807) is 12.0 Å². The van der Waals surface area contributed by atoms with E-state index < -0.39 is 0 Å². The first-order valence-electron chi connectivity index (χ1n) is 9.19. The van der Waals surface area contributed by atoms with Crippen LogP contribution >= 0.6 is 0 Å².